The van der Waals surface area contributed by atoms with E-state index in [1.807, 2.05) is 0 Å². The number of hydrogen-bond acceptors (Lipinski definition) is 3. The van der Waals surface area contributed by atoms with E-state index < -0.39 is 0 Å². The highest BCUT2D eigenvalue weighted by Gasteiger charge is 2.14. The van der Waals surface area contributed by atoms with Crippen molar-refractivity contribution >= 4 is 0 Å². The normalized spacial score (nSPS) is 14.4. The smallest absolute Gasteiger partial charge is 0.0791 e. The number of rotatable bonds is 8. The first-order valence-electron chi connectivity index (χ1n) is 6.54. The van der Waals surface area contributed by atoms with Gasteiger partial charge in [-0.2, -0.15) is 0 Å². The maximum absolute atomic E-state index is 9.93. The van der Waals surface area contributed by atoms with E-state index in [0.717, 1.165) is 32.5 Å². The molecule has 1 atom stereocenters. The first-order chi connectivity index (χ1) is 7.39. The van der Waals surface area contributed by atoms with Crippen molar-refractivity contribution in [1.29, 1.82) is 0 Å². The van der Waals surface area contributed by atoms with Gasteiger partial charge in [0, 0.05) is 18.6 Å². The lowest BCUT2D eigenvalue weighted by Crippen LogP contribution is -2.45. The van der Waals surface area contributed by atoms with Gasteiger partial charge in [-0.1, -0.05) is 13.8 Å². The van der Waals surface area contributed by atoms with Gasteiger partial charge in [-0.05, 0) is 46.7 Å². The topological polar surface area (TPSA) is 35.5 Å². The van der Waals surface area contributed by atoms with Crippen LogP contribution in [-0.4, -0.2) is 47.8 Å². The van der Waals surface area contributed by atoms with Crippen LogP contribution in [0.3, 0.4) is 0 Å². The Morgan fingerprint density at radius 1 is 1.12 bits per heavy atom. The highest BCUT2D eigenvalue weighted by atomic mass is 16.3. The fourth-order valence-electron chi connectivity index (χ4n) is 1.71. The van der Waals surface area contributed by atoms with E-state index in [-0.39, 0.29) is 11.6 Å². The third-order valence-electron chi connectivity index (χ3n) is 2.42. The number of aliphatic hydroxyl groups is 1. The molecule has 0 aliphatic rings. The molecule has 3 heteroatoms. The SMILES string of the molecule is CCCN(CCC)CC(O)CNC(C)(C)C. The van der Waals surface area contributed by atoms with Gasteiger partial charge >= 0.3 is 0 Å². The molecule has 1 unspecified atom stereocenters. The molecule has 0 aromatic rings. The van der Waals surface area contributed by atoms with Crippen molar-refractivity contribution in [2.45, 2.75) is 59.1 Å². The minimum Gasteiger partial charge on any atom is -0.390 e. The fraction of sp³-hybridized carbons (Fsp3) is 1.00. The van der Waals surface area contributed by atoms with Crippen LogP contribution in [0.25, 0.3) is 0 Å². The van der Waals surface area contributed by atoms with E-state index in [4.69, 9.17) is 0 Å². The molecule has 0 bridgehead atoms. The Hall–Kier alpha value is -0.120. The van der Waals surface area contributed by atoms with Crippen LogP contribution >= 0.6 is 0 Å². The van der Waals surface area contributed by atoms with Crippen molar-refractivity contribution in [3.8, 4) is 0 Å². The van der Waals surface area contributed by atoms with Gasteiger partial charge in [0.2, 0.25) is 0 Å². The number of nitrogens with zero attached hydrogens (tertiary/aromatic N) is 1. The van der Waals surface area contributed by atoms with Crippen LogP contribution in [0.4, 0.5) is 0 Å². The average molecular weight is 230 g/mol. The predicted molar refractivity (Wildman–Crippen MR) is 70.8 cm³/mol. The molecule has 0 radical (unpaired) electrons. The molecule has 2 N–H and O–H groups in total. The molecule has 0 saturated heterocycles. The molecular formula is C13H30N2O. The van der Waals surface area contributed by atoms with Crippen LogP contribution in [0.1, 0.15) is 47.5 Å². The molecular weight excluding hydrogens is 200 g/mol. The number of nitrogens with one attached hydrogen (secondary N) is 1. The van der Waals surface area contributed by atoms with Gasteiger partial charge in [-0.15, -0.1) is 0 Å². The average Bonchev–Trinajstić information content (AvgIpc) is 2.14. The molecule has 0 aliphatic carbocycles. The van der Waals surface area contributed by atoms with Crippen LogP contribution in [0.2, 0.25) is 0 Å². The second-order valence-electron chi connectivity index (χ2n) is 5.59. The van der Waals surface area contributed by atoms with E-state index in [1.54, 1.807) is 0 Å². The summed E-state index contributed by atoms with van der Waals surface area (Å²) in [5, 5.41) is 13.3. The standard InChI is InChI=1S/C13H30N2O/c1-6-8-15(9-7-2)11-12(16)10-14-13(3,4)5/h12,14,16H,6-11H2,1-5H3. The highest BCUT2D eigenvalue weighted by Crippen LogP contribution is 2.00. The summed E-state index contributed by atoms with van der Waals surface area (Å²) in [5.41, 5.74) is 0.0846. The van der Waals surface area contributed by atoms with E-state index in [0.29, 0.717) is 6.54 Å². The van der Waals surface area contributed by atoms with E-state index in [1.165, 1.54) is 0 Å². The van der Waals surface area contributed by atoms with Crippen LogP contribution in [0.15, 0.2) is 0 Å². The van der Waals surface area contributed by atoms with Crippen molar-refractivity contribution in [2.75, 3.05) is 26.2 Å². The summed E-state index contributed by atoms with van der Waals surface area (Å²) in [6.07, 6.45) is 2.04. The monoisotopic (exact) mass is 230 g/mol. The molecule has 0 saturated carbocycles. The molecule has 0 aromatic carbocycles. The summed E-state index contributed by atoms with van der Waals surface area (Å²) in [7, 11) is 0. The Balaban J connectivity index is 3.85. The Morgan fingerprint density at radius 3 is 2.00 bits per heavy atom. The van der Waals surface area contributed by atoms with E-state index in [9.17, 15) is 5.11 Å². The number of aliphatic hydroxyl groups excluding tert-OH is 1. The second-order valence-corrected chi connectivity index (χ2v) is 5.59. The van der Waals surface area contributed by atoms with E-state index >= 15 is 0 Å². The molecule has 0 aromatic heterocycles. The maximum atomic E-state index is 9.93. The van der Waals surface area contributed by atoms with Gasteiger partial charge in [0.25, 0.3) is 0 Å². The molecule has 98 valence electrons. The van der Waals surface area contributed by atoms with Gasteiger partial charge in [-0.3, -0.25) is 0 Å². The summed E-state index contributed by atoms with van der Waals surface area (Å²) in [5.74, 6) is 0. The predicted octanol–water partition coefficient (Wildman–Crippen LogP) is 1.86. The minimum atomic E-state index is -0.266. The third kappa shape index (κ3) is 9.13. The second kappa shape index (κ2) is 8.04. The molecule has 3 nitrogen and oxygen atoms in total. The summed E-state index contributed by atoms with van der Waals surface area (Å²) in [4.78, 5) is 2.34. The minimum absolute atomic E-state index is 0.0846. The van der Waals surface area contributed by atoms with Crippen molar-refractivity contribution in [1.82, 2.24) is 10.2 Å². The third-order valence-corrected chi connectivity index (χ3v) is 2.42. The van der Waals surface area contributed by atoms with Crippen molar-refractivity contribution in [3.63, 3.8) is 0 Å². The summed E-state index contributed by atoms with van der Waals surface area (Å²) in [6.45, 7) is 14.4. The Labute approximate surface area is 101 Å². The largest absolute Gasteiger partial charge is 0.390 e. The quantitative estimate of drug-likeness (QED) is 0.668. The lowest BCUT2D eigenvalue weighted by atomic mass is 10.1. The van der Waals surface area contributed by atoms with E-state index in [2.05, 4.69) is 44.8 Å². The van der Waals surface area contributed by atoms with Crippen LogP contribution in [-0.2, 0) is 0 Å². The first kappa shape index (κ1) is 15.9. The fourth-order valence-corrected chi connectivity index (χ4v) is 1.71. The van der Waals surface area contributed by atoms with Crippen molar-refractivity contribution in [3.05, 3.63) is 0 Å². The number of β-amino-alcohol motifs (C(OH)–C–C–N with tert-alkyl or cyclic N) is 1. The first-order valence-corrected chi connectivity index (χ1v) is 6.54. The zero-order chi connectivity index (χ0) is 12.6. The molecule has 0 amide bonds. The Bertz CT molecular complexity index is 160. The number of hydrogen-bond donors (Lipinski definition) is 2. The van der Waals surface area contributed by atoms with Gasteiger partial charge in [-0.25, -0.2) is 0 Å². The molecule has 16 heavy (non-hydrogen) atoms. The maximum Gasteiger partial charge on any atom is 0.0791 e. The van der Waals surface area contributed by atoms with Crippen LogP contribution in [0.5, 0.6) is 0 Å². The highest BCUT2D eigenvalue weighted by molar-refractivity contribution is 4.74. The van der Waals surface area contributed by atoms with Gasteiger partial charge in [0.1, 0.15) is 0 Å². The molecule has 0 heterocycles. The van der Waals surface area contributed by atoms with Gasteiger partial charge in [0.05, 0.1) is 6.10 Å². The molecule has 0 aliphatic heterocycles. The van der Waals surface area contributed by atoms with Gasteiger partial charge in [0.15, 0.2) is 0 Å². The lowest BCUT2D eigenvalue weighted by molar-refractivity contribution is 0.105. The zero-order valence-electron chi connectivity index (χ0n) is 11.7. The van der Waals surface area contributed by atoms with Crippen LogP contribution in [0, 0.1) is 0 Å². The van der Waals surface area contributed by atoms with Crippen molar-refractivity contribution in [2.24, 2.45) is 0 Å². The van der Waals surface area contributed by atoms with Crippen LogP contribution < -0.4 is 5.32 Å². The summed E-state index contributed by atoms with van der Waals surface area (Å²) >= 11 is 0. The Kier molecular flexibility index (Phi) is 7.98. The zero-order valence-corrected chi connectivity index (χ0v) is 11.7. The molecule has 0 rings (SSSR count). The molecule has 0 spiro atoms. The van der Waals surface area contributed by atoms with Crippen molar-refractivity contribution < 1.29 is 5.11 Å². The summed E-state index contributed by atoms with van der Waals surface area (Å²) < 4.78 is 0. The Morgan fingerprint density at radius 2 is 1.62 bits per heavy atom. The lowest BCUT2D eigenvalue weighted by Gasteiger charge is -2.27. The van der Waals surface area contributed by atoms with Gasteiger partial charge < -0.3 is 15.3 Å². The summed E-state index contributed by atoms with van der Waals surface area (Å²) in [6, 6.07) is 0. The molecule has 0 fully saturated rings.